The van der Waals surface area contributed by atoms with Gasteiger partial charge in [0, 0.05) is 11.2 Å². The molecule has 0 saturated carbocycles. The number of benzene rings is 1. The van der Waals surface area contributed by atoms with Crippen molar-refractivity contribution in [3.63, 3.8) is 0 Å². The van der Waals surface area contributed by atoms with Gasteiger partial charge in [-0.15, -0.1) is 0 Å². The van der Waals surface area contributed by atoms with Crippen LogP contribution >= 0.6 is 11.6 Å². The number of rotatable bonds is 2. The lowest BCUT2D eigenvalue weighted by molar-refractivity contribution is 0.460. The Bertz CT molecular complexity index is 529. The van der Waals surface area contributed by atoms with E-state index in [1.807, 2.05) is 35.1 Å². The van der Waals surface area contributed by atoms with Gasteiger partial charge in [-0.05, 0) is 55.6 Å². The lowest BCUT2D eigenvalue weighted by Gasteiger charge is -2.21. The molecule has 4 heteroatoms. The topological polar surface area (TPSA) is 29.9 Å². The van der Waals surface area contributed by atoms with E-state index < -0.39 is 0 Å². The highest BCUT2D eigenvalue weighted by atomic mass is 35.5. The minimum absolute atomic E-state index is 0.638. The smallest absolute Gasteiger partial charge is 0.0660 e. The number of hydrogen-bond donors (Lipinski definition) is 1. The molecule has 2 heterocycles. The lowest BCUT2D eigenvalue weighted by Crippen LogP contribution is -2.26. The Labute approximate surface area is 112 Å². The van der Waals surface area contributed by atoms with Crippen molar-refractivity contribution in [3.8, 4) is 5.69 Å². The third-order valence-corrected chi connectivity index (χ3v) is 3.72. The highest BCUT2D eigenvalue weighted by molar-refractivity contribution is 6.30. The predicted octanol–water partition coefficient (Wildman–Crippen LogP) is 2.99. The van der Waals surface area contributed by atoms with Gasteiger partial charge in [-0.1, -0.05) is 17.7 Å². The molecule has 2 aromatic rings. The molecule has 0 unspecified atom stereocenters. The van der Waals surface area contributed by atoms with E-state index in [1.165, 1.54) is 18.4 Å². The van der Waals surface area contributed by atoms with Crippen LogP contribution in [0.4, 0.5) is 0 Å². The van der Waals surface area contributed by atoms with Crippen molar-refractivity contribution >= 4 is 11.6 Å². The molecule has 94 valence electrons. The first-order valence-corrected chi connectivity index (χ1v) is 6.72. The van der Waals surface area contributed by atoms with E-state index in [1.54, 1.807) is 0 Å². The molecule has 1 N–H and O–H groups in total. The molecule has 0 spiro atoms. The van der Waals surface area contributed by atoms with Crippen LogP contribution in [0, 0.1) is 0 Å². The third-order valence-electron chi connectivity index (χ3n) is 3.49. The maximum absolute atomic E-state index is 6.00. The van der Waals surface area contributed by atoms with Crippen molar-refractivity contribution < 1.29 is 0 Å². The SMILES string of the molecule is Clc1cccc(-n2cc(C3CCNCC3)cn2)c1. The molecule has 3 rings (SSSR count). The number of nitrogens with one attached hydrogen (secondary N) is 1. The minimum atomic E-state index is 0.638. The van der Waals surface area contributed by atoms with Gasteiger partial charge in [-0.2, -0.15) is 5.10 Å². The van der Waals surface area contributed by atoms with Crippen LogP contribution in [0.2, 0.25) is 5.02 Å². The van der Waals surface area contributed by atoms with Crippen LogP contribution in [-0.2, 0) is 0 Å². The van der Waals surface area contributed by atoms with Gasteiger partial charge in [0.05, 0.1) is 11.9 Å². The summed E-state index contributed by atoms with van der Waals surface area (Å²) in [6, 6.07) is 7.78. The Morgan fingerprint density at radius 2 is 2.11 bits per heavy atom. The summed E-state index contributed by atoms with van der Waals surface area (Å²) >= 11 is 6.00. The summed E-state index contributed by atoms with van der Waals surface area (Å²) in [5.74, 6) is 0.638. The zero-order valence-electron chi connectivity index (χ0n) is 10.1. The molecular formula is C14H16ClN3. The number of halogens is 1. The van der Waals surface area contributed by atoms with Crippen molar-refractivity contribution in [2.24, 2.45) is 0 Å². The van der Waals surface area contributed by atoms with E-state index in [-0.39, 0.29) is 0 Å². The molecule has 1 aliphatic heterocycles. The summed E-state index contributed by atoms with van der Waals surface area (Å²) in [6.07, 6.45) is 6.50. The lowest BCUT2D eigenvalue weighted by atomic mass is 9.93. The molecule has 0 amide bonds. The van der Waals surface area contributed by atoms with Gasteiger partial charge in [0.15, 0.2) is 0 Å². The van der Waals surface area contributed by atoms with Crippen molar-refractivity contribution in [1.29, 1.82) is 0 Å². The molecule has 18 heavy (non-hydrogen) atoms. The summed E-state index contributed by atoms with van der Waals surface area (Å²) in [7, 11) is 0. The molecule has 1 aromatic carbocycles. The van der Waals surface area contributed by atoms with E-state index in [9.17, 15) is 0 Å². The van der Waals surface area contributed by atoms with Crippen LogP contribution in [0.15, 0.2) is 36.7 Å². The van der Waals surface area contributed by atoms with Crippen molar-refractivity contribution in [2.75, 3.05) is 13.1 Å². The van der Waals surface area contributed by atoms with Crippen LogP contribution in [-0.4, -0.2) is 22.9 Å². The first kappa shape index (κ1) is 11.8. The zero-order valence-corrected chi connectivity index (χ0v) is 10.9. The fourth-order valence-corrected chi connectivity index (χ4v) is 2.65. The van der Waals surface area contributed by atoms with Crippen LogP contribution in [0.1, 0.15) is 24.3 Å². The Morgan fingerprint density at radius 1 is 1.28 bits per heavy atom. The Morgan fingerprint density at radius 3 is 2.89 bits per heavy atom. The molecule has 0 aliphatic carbocycles. The van der Waals surface area contributed by atoms with Crippen LogP contribution in [0.5, 0.6) is 0 Å². The van der Waals surface area contributed by atoms with Crippen molar-refractivity contribution in [3.05, 3.63) is 47.2 Å². The normalized spacial score (nSPS) is 16.9. The predicted molar refractivity (Wildman–Crippen MR) is 73.4 cm³/mol. The number of nitrogens with zero attached hydrogens (tertiary/aromatic N) is 2. The second kappa shape index (κ2) is 5.12. The van der Waals surface area contributed by atoms with Gasteiger partial charge in [-0.3, -0.25) is 0 Å². The average Bonchev–Trinajstić information content (AvgIpc) is 2.89. The van der Waals surface area contributed by atoms with Gasteiger partial charge in [0.2, 0.25) is 0 Å². The first-order valence-electron chi connectivity index (χ1n) is 6.34. The minimum Gasteiger partial charge on any atom is -0.317 e. The van der Waals surface area contributed by atoms with Gasteiger partial charge in [-0.25, -0.2) is 4.68 Å². The maximum Gasteiger partial charge on any atom is 0.0660 e. The second-order valence-electron chi connectivity index (χ2n) is 4.72. The standard InChI is InChI=1S/C14H16ClN3/c15-13-2-1-3-14(8-13)18-10-12(9-17-18)11-4-6-16-7-5-11/h1-3,8-11,16H,4-7H2. The average molecular weight is 262 g/mol. The molecule has 0 bridgehead atoms. The molecule has 0 radical (unpaired) electrons. The maximum atomic E-state index is 6.00. The van der Waals surface area contributed by atoms with Gasteiger partial charge < -0.3 is 5.32 Å². The van der Waals surface area contributed by atoms with E-state index in [2.05, 4.69) is 16.6 Å². The summed E-state index contributed by atoms with van der Waals surface area (Å²) in [5.41, 5.74) is 2.35. The van der Waals surface area contributed by atoms with E-state index in [4.69, 9.17) is 11.6 Å². The summed E-state index contributed by atoms with van der Waals surface area (Å²) in [4.78, 5) is 0. The molecule has 1 saturated heterocycles. The third kappa shape index (κ3) is 2.42. The first-order chi connectivity index (χ1) is 8.83. The fraction of sp³-hybridized carbons (Fsp3) is 0.357. The monoisotopic (exact) mass is 261 g/mol. The van der Waals surface area contributed by atoms with Gasteiger partial charge in [0.25, 0.3) is 0 Å². The Kier molecular flexibility index (Phi) is 3.35. The Balaban J connectivity index is 1.84. The molecule has 0 atom stereocenters. The molecule has 3 nitrogen and oxygen atoms in total. The Hall–Kier alpha value is -1.32. The largest absolute Gasteiger partial charge is 0.317 e. The zero-order chi connectivity index (χ0) is 12.4. The highest BCUT2D eigenvalue weighted by Gasteiger charge is 2.16. The molecule has 1 fully saturated rings. The van der Waals surface area contributed by atoms with Crippen LogP contribution < -0.4 is 5.32 Å². The van der Waals surface area contributed by atoms with Crippen molar-refractivity contribution in [1.82, 2.24) is 15.1 Å². The number of hydrogen-bond acceptors (Lipinski definition) is 2. The van der Waals surface area contributed by atoms with Gasteiger partial charge >= 0.3 is 0 Å². The molecule has 1 aromatic heterocycles. The van der Waals surface area contributed by atoms with Crippen molar-refractivity contribution in [2.45, 2.75) is 18.8 Å². The highest BCUT2D eigenvalue weighted by Crippen LogP contribution is 2.25. The van der Waals surface area contributed by atoms with E-state index in [0.717, 1.165) is 23.8 Å². The number of piperidine rings is 1. The summed E-state index contributed by atoms with van der Waals surface area (Å²) in [6.45, 7) is 2.21. The molecular weight excluding hydrogens is 246 g/mol. The summed E-state index contributed by atoms with van der Waals surface area (Å²) < 4.78 is 1.91. The van der Waals surface area contributed by atoms with Crippen LogP contribution in [0.3, 0.4) is 0 Å². The van der Waals surface area contributed by atoms with Crippen LogP contribution in [0.25, 0.3) is 5.69 Å². The van der Waals surface area contributed by atoms with E-state index in [0.29, 0.717) is 5.92 Å². The fourth-order valence-electron chi connectivity index (χ4n) is 2.46. The van der Waals surface area contributed by atoms with Gasteiger partial charge in [0.1, 0.15) is 0 Å². The quantitative estimate of drug-likeness (QED) is 0.901. The number of aromatic nitrogens is 2. The summed E-state index contributed by atoms with van der Waals surface area (Å²) in [5, 5.41) is 8.57. The molecule has 1 aliphatic rings. The second-order valence-corrected chi connectivity index (χ2v) is 5.16. The van der Waals surface area contributed by atoms with E-state index >= 15 is 0 Å².